The zero-order valence-corrected chi connectivity index (χ0v) is 11.5. The Morgan fingerprint density at radius 1 is 1.05 bits per heavy atom. The number of thiophene rings is 1. The van der Waals surface area contributed by atoms with Crippen molar-refractivity contribution in [2.75, 3.05) is 6.61 Å². The molecule has 2 heterocycles. The second-order valence-corrected chi connectivity index (χ2v) is 5.81. The molecule has 0 saturated carbocycles. The summed E-state index contributed by atoms with van der Waals surface area (Å²) in [7, 11) is 0. The van der Waals surface area contributed by atoms with Crippen LogP contribution in [0.1, 0.15) is 11.7 Å². The molecule has 1 aliphatic rings. The van der Waals surface area contributed by atoms with Crippen molar-refractivity contribution >= 4 is 11.3 Å². The lowest BCUT2D eigenvalue weighted by Crippen LogP contribution is -2.32. The van der Waals surface area contributed by atoms with E-state index in [2.05, 4.69) is 0 Å². The highest BCUT2D eigenvalue weighted by Gasteiger charge is 2.42. The Morgan fingerprint density at radius 2 is 1.80 bits per heavy atom. The van der Waals surface area contributed by atoms with E-state index in [0.717, 1.165) is 11.1 Å². The third-order valence-electron chi connectivity index (χ3n) is 3.59. The van der Waals surface area contributed by atoms with Gasteiger partial charge in [0.2, 0.25) is 0 Å². The van der Waals surface area contributed by atoms with E-state index >= 15 is 0 Å². The van der Waals surface area contributed by atoms with Crippen LogP contribution in [0.3, 0.4) is 0 Å². The first-order valence-electron chi connectivity index (χ1n) is 6.47. The maximum atomic E-state index is 9.98. The monoisotopic (exact) mass is 292 g/mol. The summed E-state index contributed by atoms with van der Waals surface area (Å²) >= 11 is 1.67. The van der Waals surface area contributed by atoms with Crippen molar-refractivity contribution < 1.29 is 20.1 Å². The first kappa shape index (κ1) is 13.7. The van der Waals surface area contributed by atoms with E-state index in [1.807, 2.05) is 41.8 Å². The van der Waals surface area contributed by atoms with Gasteiger partial charge in [0.05, 0.1) is 6.61 Å². The molecule has 4 nitrogen and oxygen atoms in total. The van der Waals surface area contributed by atoms with Crippen molar-refractivity contribution in [3.63, 3.8) is 0 Å². The van der Waals surface area contributed by atoms with Gasteiger partial charge in [-0.1, -0.05) is 30.3 Å². The molecular weight excluding hydrogens is 276 g/mol. The molecule has 1 aromatic heterocycles. The molecule has 1 fully saturated rings. The minimum atomic E-state index is -1.05. The van der Waals surface area contributed by atoms with Crippen LogP contribution in [-0.2, 0) is 4.74 Å². The van der Waals surface area contributed by atoms with E-state index in [-0.39, 0.29) is 6.61 Å². The lowest BCUT2D eigenvalue weighted by atomic mass is 10.0. The van der Waals surface area contributed by atoms with Crippen LogP contribution >= 0.6 is 11.3 Å². The van der Waals surface area contributed by atoms with E-state index in [9.17, 15) is 10.2 Å². The number of ether oxygens (including phenoxy) is 1. The Labute approximate surface area is 120 Å². The number of hydrogen-bond acceptors (Lipinski definition) is 5. The molecule has 3 rings (SSSR count). The van der Waals surface area contributed by atoms with Gasteiger partial charge in [-0.3, -0.25) is 0 Å². The highest BCUT2D eigenvalue weighted by Crippen LogP contribution is 2.34. The minimum absolute atomic E-state index is 0.304. The number of benzene rings is 1. The van der Waals surface area contributed by atoms with Crippen LogP contribution in [0.5, 0.6) is 0 Å². The van der Waals surface area contributed by atoms with E-state index in [4.69, 9.17) is 9.84 Å². The largest absolute Gasteiger partial charge is 0.394 e. The van der Waals surface area contributed by atoms with Gasteiger partial charge in [-0.15, -0.1) is 11.3 Å². The SMILES string of the molecule is OC[C@H]1O[C@@H](c2ccc(-c3cccs3)cc2)[C@H](O)[C@@H]1O. The molecule has 1 saturated heterocycles. The number of aliphatic hydroxyl groups excluding tert-OH is 3. The Hall–Kier alpha value is -1.24. The molecule has 5 heteroatoms. The lowest BCUT2D eigenvalue weighted by Gasteiger charge is -2.15. The Morgan fingerprint density at radius 3 is 2.35 bits per heavy atom. The molecule has 0 unspecified atom stereocenters. The summed E-state index contributed by atoms with van der Waals surface area (Å²) in [5, 5.41) is 30.9. The predicted octanol–water partition coefficient (Wildman–Crippen LogP) is 1.57. The second-order valence-electron chi connectivity index (χ2n) is 4.86. The molecule has 1 aliphatic heterocycles. The molecule has 4 atom stereocenters. The molecular formula is C15H16O4S. The summed E-state index contributed by atoms with van der Waals surface area (Å²) in [6.07, 6.45) is -3.40. The van der Waals surface area contributed by atoms with Crippen LogP contribution in [0, 0.1) is 0 Å². The van der Waals surface area contributed by atoms with Crippen LogP contribution in [0.25, 0.3) is 10.4 Å². The quantitative estimate of drug-likeness (QED) is 0.803. The smallest absolute Gasteiger partial charge is 0.113 e. The predicted molar refractivity (Wildman–Crippen MR) is 76.5 cm³/mol. The summed E-state index contributed by atoms with van der Waals surface area (Å²) in [5.41, 5.74) is 1.91. The van der Waals surface area contributed by atoms with Gasteiger partial charge in [0.1, 0.15) is 24.4 Å². The van der Waals surface area contributed by atoms with Gasteiger partial charge >= 0.3 is 0 Å². The maximum absolute atomic E-state index is 9.98. The maximum Gasteiger partial charge on any atom is 0.113 e. The Bertz CT molecular complexity index is 552. The molecule has 0 radical (unpaired) electrons. The molecule has 0 aliphatic carbocycles. The molecule has 2 aromatic rings. The molecule has 0 spiro atoms. The van der Waals surface area contributed by atoms with Crippen LogP contribution in [0.2, 0.25) is 0 Å². The molecule has 0 amide bonds. The summed E-state index contributed by atoms with van der Waals surface area (Å²) in [6.45, 7) is -0.304. The number of hydrogen-bond donors (Lipinski definition) is 3. The highest BCUT2D eigenvalue weighted by atomic mass is 32.1. The third-order valence-corrected chi connectivity index (χ3v) is 4.51. The van der Waals surface area contributed by atoms with Crippen LogP contribution < -0.4 is 0 Å². The van der Waals surface area contributed by atoms with Gasteiger partial charge in [-0.25, -0.2) is 0 Å². The van der Waals surface area contributed by atoms with Gasteiger partial charge in [-0.05, 0) is 22.6 Å². The average Bonchev–Trinajstić information content (AvgIpc) is 3.10. The summed E-state index contributed by atoms with van der Waals surface area (Å²) in [4.78, 5) is 1.18. The van der Waals surface area contributed by atoms with Gasteiger partial charge in [0, 0.05) is 4.88 Å². The first-order chi connectivity index (χ1) is 9.70. The summed E-state index contributed by atoms with van der Waals surface area (Å²) < 4.78 is 5.50. The fourth-order valence-electron chi connectivity index (χ4n) is 2.45. The van der Waals surface area contributed by atoms with Crippen molar-refractivity contribution in [2.24, 2.45) is 0 Å². The number of rotatable bonds is 3. The van der Waals surface area contributed by atoms with Gasteiger partial charge in [0.15, 0.2) is 0 Å². The second kappa shape index (κ2) is 5.63. The topological polar surface area (TPSA) is 69.9 Å². The van der Waals surface area contributed by atoms with Crippen molar-refractivity contribution in [3.8, 4) is 10.4 Å². The van der Waals surface area contributed by atoms with E-state index in [0.29, 0.717) is 0 Å². The molecule has 106 valence electrons. The normalized spacial score (nSPS) is 29.8. The van der Waals surface area contributed by atoms with Crippen LogP contribution in [0.4, 0.5) is 0 Å². The fourth-order valence-corrected chi connectivity index (χ4v) is 3.19. The molecule has 20 heavy (non-hydrogen) atoms. The van der Waals surface area contributed by atoms with Gasteiger partial charge in [-0.2, -0.15) is 0 Å². The Kier molecular flexibility index (Phi) is 3.87. The zero-order valence-electron chi connectivity index (χ0n) is 10.7. The van der Waals surface area contributed by atoms with E-state index < -0.39 is 24.4 Å². The van der Waals surface area contributed by atoms with Gasteiger partial charge < -0.3 is 20.1 Å². The molecule has 1 aromatic carbocycles. The van der Waals surface area contributed by atoms with Crippen LogP contribution in [0.15, 0.2) is 41.8 Å². The van der Waals surface area contributed by atoms with Crippen molar-refractivity contribution in [1.82, 2.24) is 0 Å². The fraction of sp³-hybridized carbons (Fsp3) is 0.333. The molecule has 0 bridgehead atoms. The first-order valence-corrected chi connectivity index (χ1v) is 7.35. The van der Waals surface area contributed by atoms with E-state index in [1.165, 1.54) is 4.88 Å². The standard InChI is InChI=1S/C15H16O4S/c16-8-11-13(17)14(18)15(19-11)10-5-3-9(4-6-10)12-2-1-7-20-12/h1-7,11,13-18H,8H2/t11-,13-,14-,15+/m1/s1. The minimum Gasteiger partial charge on any atom is -0.394 e. The molecule has 3 N–H and O–H groups in total. The van der Waals surface area contributed by atoms with Crippen molar-refractivity contribution in [2.45, 2.75) is 24.4 Å². The van der Waals surface area contributed by atoms with Crippen molar-refractivity contribution in [3.05, 3.63) is 47.3 Å². The highest BCUT2D eigenvalue weighted by molar-refractivity contribution is 7.13. The zero-order chi connectivity index (χ0) is 14.1. The Balaban J connectivity index is 1.82. The van der Waals surface area contributed by atoms with E-state index in [1.54, 1.807) is 11.3 Å². The summed E-state index contributed by atoms with van der Waals surface area (Å²) in [5.74, 6) is 0. The van der Waals surface area contributed by atoms with Gasteiger partial charge in [0.25, 0.3) is 0 Å². The number of aliphatic hydroxyl groups is 3. The van der Waals surface area contributed by atoms with Crippen LogP contribution in [-0.4, -0.2) is 40.2 Å². The van der Waals surface area contributed by atoms with Crippen molar-refractivity contribution in [1.29, 1.82) is 0 Å². The third kappa shape index (κ3) is 2.39. The average molecular weight is 292 g/mol. The summed E-state index contributed by atoms with van der Waals surface area (Å²) in [6, 6.07) is 11.8. The lowest BCUT2D eigenvalue weighted by molar-refractivity contribution is -0.0227.